The van der Waals surface area contributed by atoms with Gasteiger partial charge in [0, 0.05) is 17.3 Å². The van der Waals surface area contributed by atoms with Crippen LogP contribution in [-0.4, -0.2) is 37.0 Å². The molecular formula is C21H24N2O4. The lowest BCUT2D eigenvalue weighted by Crippen LogP contribution is -2.40. The first kappa shape index (κ1) is 20.2. The van der Waals surface area contributed by atoms with E-state index in [2.05, 4.69) is 5.32 Å². The Kier molecular flexibility index (Phi) is 7.11. The van der Waals surface area contributed by atoms with Gasteiger partial charge in [0.25, 0.3) is 11.8 Å². The number of hydrogen-bond donors (Lipinski definition) is 1. The highest BCUT2D eigenvalue weighted by Crippen LogP contribution is 2.16. The van der Waals surface area contributed by atoms with Crippen molar-refractivity contribution in [3.8, 4) is 0 Å². The number of rotatable bonds is 7. The minimum absolute atomic E-state index is 0.0835. The standard InChI is InChI=1S/C21H24N2O4/c1-15(2)23(18-7-5-4-6-8-18)19(24)14-27-20(25)13-22-21(26)17-11-9-16(3)10-12-17/h4-12,15H,13-14H2,1-3H3,(H,22,26). The van der Waals surface area contributed by atoms with Crippen molar-refractivity contribution in [2.24, 2.45) is 0 Å². The second-order valence-corrected chi connectivity index (χ2v) is 6.40. The molecule has 27 heavy (non-hydrogen) atoms. The van der Waals surface area contributed by atoms with Gasteiger partial charge in [-0.1, -0.05) is 35.9 Å². The summed E-state index contributed by atoms with van der Waals surface area (Å²) < 4.78 is 5.02. The van der Waals surface area contributed by atoms with Gasteiger partial charge in [0.2, 0.25) is 0 Å². The Morgan fingerprint density at radius 3 is 2.22 bits per heavy atom. The van der Waals surface area contributed by atoms with Crippen LogP contribution in [0.2, 0.25) is 0 Å². The van der Waals surface area contributed by atoms with Gasteiger partial charge in [0.15, 0.2) is 6.61 Å². The van der Waals surface area contributed by atoms with Gasteiger partial charge in [-0.25, -0.2) is 0 Å². The van der Waals surface area contributed by atoms with Crippen LogP contribution in [0.25, 0.3) is 0 Å². The second kappa shape index (κ2) is 9.52. The maximum absolute atomic E-state index is 12.4. The van der Waals surface area contributed by atoms with Crippen LogP contribution in [0.1, 0.15) is 29.8 Å². The van der Waals surface area contributed by atoms with Crippen LogP contribution in [0.5, 0.6) is 0 Å². The van der Waals surface area contributed by atoms with Crippen LogP contribution in [0.15, 0.2) is 54.6 Å². The van der Waals surface area contributed by atoms with Crippen LogP contribution in [0.4, 0.5) is 5.69 Å². The smallest absolute Gasteiger partial charge is 0.325 e. The molecule has 0 aliphatic heterocycles. The second-order valence-electron chi connectivity index (χ2n) is 6.40. The first-order valence-electron chi connectivity index (χ1n) is 8.76. The number of amides is 2. The zero-order chi connectivity index (χ0) is 19.8. The van der Waals surface area contributed by atoms with Gasteiger partial charge in [-0.05, 0) is 45.0 Å². The Morgan fingerprint density at radius 2 is 1.63 bits per heavy atom. The van der Waals surface area contributed by atoms with E-state index in [9.17, 15) is 14.4 Å². The van der Waals surface area contributed by atoms with E-state index in [1.807, 2.05) is 63.2 Å². The average molecular weight is 368 g/mol. The molecule has 0 bridgehead atoms. The molecule has 0 saturated heterocycles. The molecule has 0 aliphatic rings. The van der Waals surface area contributed by atoms with Crippen molar-refractivity contribution in [3.05, 3.63) is 65.7 Å². The molecule has 0 saturated carbocycles. The fourth-order valence-electron chi connectivity index (χ4n) is 2.54. The zero-order valence-corrected chi connectivity index (χ0v) is 15.8. The summed E-state index contributed by atoms with van der Waals surface area (Å²) in [6.45, 7) is 5.01. The highest BCUT2D eigenvalue weighted by Gasteiger charge is 2.20. The van der Waals surface area contributed by atoms with Gasteiger partial charge in [0.05, 0.1) is 0 Å². The lowest BCUT2D eigenvalue weighted by molar-refractivity contribution is -0.146. The average Bonchev–Trinajstić information content (AvgIpc) is 2.65. The molecule has 0 fully saturated rings. The van der Waals surface area contributed by atoms with Crippen LogP contribution in [-0.2, 0) is 14.3 Å². The third-order valence-electron chi connectivity index (χ3n) is 3.88. The molecule has 0 aliphatic carbocycles. The molecule has 6 heteroatoms. The number of hydrogen-bond acceptors (Lipinski definition) is 4. The molecule has 0 spiro atoms. The van der Waals surface area contributed by atoms with E-state index in [1.54, 1.807) is 17.0 Å². The van der Waals surface area contributed by atoms with E-state index >= 15 is 0 Å². The first-order valence-corrected chi connectivity index (χ1v) is 8.76. The molecule has 1 N–H and O–H groups in total. The van der Waals surface area contributed by atoms with Crippen molar-refractivity contribution < 1.29 is 19.1 Å². The summed E-state index contributed by atoms with van der Waals surface area (Å²) in [7, 11) is 0. The zero-order valence-electron chi connectivity index (χ0n) is 15.8. The Hall–Kier alpha value is -3.15. The first-order chi connectivity index (χ1) is 12.9. The van der Waals surface area contributed by atoms with Gasteiger partial charge in [0.1, 0.15) is 6.54 Å². The number of anilines is 1. The number of ether oxygens (including phenoxy) is 1. The fourth-order valence-corrected chi connectivity index (χ4v) is 2.54. The van der Waals surface area contributed by atoms with E-state index in [4.69, 9.17) is 4.74 Å². The SMILES string of the molecule is Cc1ccc(C(=O)NCC(=O)OCC(=O)N(c2ccccc2)C(C)C)cc1. The summed E-state index contributed by atoms with van der Waals surface area (Å²) in [4.78, 5) is 37.9. The summed E-state index contributed by atoms with van der Waals surface area (Å²) in [6, 6.07) is 16.1. The van der Waals surface area contributed by atoms with Gasteiger partial charge in [-0.3, -0.25) is 14.4 Å². The van der Waals surface area contributed by atoms with E-state index in [-0.39, 0.29) is 31.0 Å². The van der Waals surface area contributed by atoms with Crippen LogP contribution in [0, 0.1) is 6.92 Å². The maximum atomic E-state index is 12.4. The normalized spacial score (nSPS) is 10.4. The third-order valence-corrected chi connectivity index (χ3v) is 3.88. The number of para-hydroxylation sites is 1. The molecule has 0 aromatic heterocycles. The van der Waals surface area contributed by atoms with E-state index in [1.165, 1.54) is 0 Å². The summed E-state index contributed by atoms with van der Waals surface area (Å²) >= 11 is 0. The molecule has 6 nitrogen and oxygen atoms in total. The number of carbonyl (C=O) groups excluding carboxylic acids is 3. The van der Waals surface area contributed by atoms with E-state index in [0.29, 0.717) is 5.56 Å². The van der Waals surface area contributed by atoms with E-state index in [0.717, 1.165) is 11.3 Å². The molecule has 2 aromatic rings. The largest absolute Gasteiger partial charge is 0.454 e. The summed E-state index contributed by atoms with van der Waals surface area (Å²) in [5.41, 5.74) is 2.23. The van der Waals surface area contributed by atoms with Crippen LogP contribution < -0.4 is 10.2 Å². The number of esters is 1. The van der Waals surface area contributed by atoms with Gasteiger partial charge >= 0.3 is 5.97 Å². The van der Waals surface area contributed by atoms with Crippen molar-refractivity contribution >= 4 is 23.5 Å². The van der Waals surface area contributed by atoms with Crippen molar-refractivity contribution in [2.75, 3.05) is 18.1 Å². The highest BCUT2D eigenvalue weighted by atomic mass is 16.5. The maximum Gasteiger partial charge on any atom is 0.325 e. The molecule has 0 atom stereocenters. The topological polar surface area (TPSA) is 75.7 Å². The lowest BCUT2D eigenvalue weighted by atomic mass is 10.1. The Bertz CT molecular complexity index is 786. The molecule has 142 valence electrons. The number of nitrogens with one attached hydrogen (secondary N) is 1. The predicted octanol–water partition coefficient (Wildman–Crippen LogP) is 2.71. The molecule has 0 radical (unpaired) electrons. The molecule has 2 aromatic carbocycles. The summed E-state index contributed by atoms with van der Waals surface area (Å²) in [6.07, 6.45) is 0. The van der Waals surface area contributed by atoms with Crippen molar-refractivity contribution in [2.45, 2.75) is 26.8 Å². The fraction of sp³-hybridized carbons (Fsp3) is 0.286. The molecular weight excluding hydrogens is 344 g/mol. The third kappa shape index (κ3) is 5.95. The quantitative estimate of drug-likeness (QED) is 0.763. The van der Waals surface area contributed by atoms with Crippen LogP contribution in [0.3, 0.4) is 0 Å². The molecule has 0 heterocycles. The van der Waals surface area contributed by atoms with Crippen molar-refractivity contribution in [1.29, 1.82) is 0 Å². The Balaban J connectivity index is 1.84. The number of aryl methyl sites for hydroxylation is 1. The molecule has 0 unspecified atom stereocenters. The molecule has 2 rings (SSSR count). The number of carbonyl (C=O) groups is 3. The molecule has 2 amide bonds. The minimum Gasteiger partial charge on any atom is -0.454 e. The van der Waals surface area contributed by atoms with Crippen molar-refractivity contribution in [3.63, 3.8) is 0 Å². The van der Waals surface area contributed by atoms with Gasteiger partial charge in [-0.15, -0.1) is 0 Å². The van der Waals surface area contributed by atoms with Crippen LogP contribution >= 0.6 is 0 Å². The van der Waals surface area contributed by atoms with E-state index < -0.39 is 5.97 Å². The Labute approximate surface area is 159 Å². The van der Waals surface area contributed by atoms with Crippen molar-refractivity contribution in [1.82, 2.24) is 5.32 Å². The lowest BCUT2D eigenvalue weighted by Gasteiger charge is -2.26. The van der Waals surface area contributed by atoms with Gasteiger partial charge < -0.3 is 15.0 Å². The van der Waals surface area contributed by atoms with Gasteiger partial charge in [-0.2, -0.15) is 0 Å². The number of benzene rings is 2. The number of nitrogens with zero attached hydrogens (tertiary/aromatic N) is 1. The predicted molar refractivity (Wildman–Crippen MR) is 104 cm³/mol. The monoisotopic (exact) mass is 368 g/mol. The Morgan fingerprint density at radius 1 is 1.00 bits per heavy atom. The highest BCUT2D eigenvalue weighted by molar-refractivity contribution is 5.97. The summed E-state index contributed by atoms with van der Waals surface area (Å²) in [5.74, 6) is -1.36. The minimum atomic E-state index is -0.666. The summed E-state index contributed by atoms with van der Waals surface area (Å²) in [5, 5.41) is 2.49.